The van der Waals surface area contributed by atoms with Crippen LogP contribution in [0.15, 0.2) is 24.3 Å². The second-order valence-electron chi connectivity index (χ2n) is 5.99. The van der Waals surface area contributed by atoms with E-state index in [1.807, 2.05) is 0 Å². The predicted octanol–water partition coefficient (Wildman–Crippen LogP) is 1.68. The van der Waals surface area contributed by atoms with Crippen LogP contribution in [0.5, 0.6) is 5.75 Å². The molecule has 0 bridgehead atoms. The summed E-state index contributed by atoms with van der Waals surface area (Å²) in [4.78, 5) is 14.5. The maximum atomic E-state index is 12.8. The van der Waals surface area contributed by atoms with Gasteiger partial charge in [0, 0.05) is 14.2 Å². The quantitative estimate of drug-likeness (QED) is 0.829. The molecule has 1 heterocycles. The molecule has 1 saturated heterocycles. The summed E-state index contributed by atoms with van der Waals surface area (Å²) in [6.45, 7) is 2.95. The normalized spacial score (nSPS) is 16.8. The molecule has 1 N–H and O–H groups in total. The Labute approximate surface area is 136 Å². The van der Waals surface area contributed by atoms with Crippen molar-refractivity contribution < 1.29 is 18.7 Å². The number of carbonyl (C=O) groups excluding carboxylic acids is 1. The van der Waals surface area contributed by atoms with E-state index in [4.69, 9.17) is 9.47 Å². The molecule has 1 aromatic carbocycles. The number of hydrogen-bond donors (Lipinski definition) is 1. The molecule has 1 amide bonds. The van der Waals surface area contributed by atoms with Gasteiger partial charge in [0.15, 0.2) is 0 Å². The van der Waals surface area contributed by atoms with Gasteiger partial charge in [-0.25, -0.2) is 4.39 Å². The minimum absolute atomic E-state index is 0.101. The van der Waals surface area contributed by atoms with Gasteiger partial charge >= 0.3 is 0 Å². The number of likely N-dealkylation sites (N-methyl/N-ethyl adjacent to an activating group) is 1. The molecular formula is C17H25FN2O3. The highest BCUT2D eigenvalue weighted by Gasteiger charge is 2.41. The summed E-state index contributed by atoms with van der Waals surface area (Å²) in [6, 6.07) is 5.87. The van der Waals surface area contributed by atoms with Crippen LogP contribution in [0.25, 0.3) is 0 Å². The van der Waals surface area contributed by atoms with Gasteiger partial charge < -0.3 is 19.7 Å². The fourth-order valence-electron chi connectivity index (χ4n) is 2.94. The number of nitrogens with zero attached hydrogens (tertiary/aromatic N) is 1. The van der Waals surface area contributed by atoms with E-state index >= 15 is 0 Å². The maximum absolute atomic E-state index is 12.8. The highest BCUT2D eigenvalue weighted by atomic mass is 19.1. The van der Waals surface area contributed by atoms with Gasteiger partial charge in [0.25, 0.3) is 0 Å². The van der Waals surface area contributed by atoms with Crippen molar-refractivity contribution in [3.8, 4) is 5.75 Å². The van der Waals surface area contributed by atoms with Crippen LogP contribution >= 0.6 is 0 Å². The molecule has 1 aromatic rings. The van der Waals surface area contributed by atoms with Crippen molar-refractivity contribution in [3.05, 3.63) is 30.1 Å². The van der Waals surface area contributed by atoms with Crippen molar-refractivity contribution in [2.45, 2.75) is 12.8 Å². The Morgan fingerprint density at radius 2 is 1.96 bits per heavy atom. The smallest absolute Gasteiger partial charge is 0.231 e. The zero-order chi connectivity index (χ0) is 16.7. The number of benzene rings is 1. The van der Waals surface area contributed by atoms with Gasteiger partial charge in [0.05, 0.1) is 18.6 Å². The molecule has 0 spiro atoms. The second kappa shape index (κ2) is 8.26. The third-order valence-corrected chi connectivity index (χ3v) is 4.29. The van der Waals surface area contributed by atoms with Gasteiger partial charge in [0.1, 0.15) is 18.2 Å². The van der Waals surface area contributed by atoms with Gasteiger partial charge in [-0.3, -0.25) is 4.79 Å². The summed E-state index contributed by atoms with van der Waals surface area (Å²) in [5.74, 6) is 0.404. The van der Waals surface area contributed by atoms with Crippen molar-refractivity contribution in [1.82, 2.24) is 10.2 Å². The van der Waals surface area contributed by atoms with Crippen LogP contribution in [-0.2, 0) is 9.53 Å². The Balaban J connectivity index is 1.86. The predicted molar refractivity (Wildman–Crippen MR) is 85.9 cm³/mol. The van der Waals surface area contributed by atoms with E-state index in [9.17, 15) is 9.18 Å². The number of carbonyl (C=O) groups is 1. The standard InChI is InChI=1S/C17H25FN2O3/c1-20(11-12-23-15-5-3-14(18)4-6-15)16(21)17(13-22-2)7-9-19-10-8-17/h3-6,19H,7-13H2,1-2H3. The number of rotatable bonds is 7. The number of nitrogens with one attached hydrogen (secondary N) is 1. The minimum Gasteiger partial charge on any atom is -0.492 e. The SMILES string of the molecule is COCC1(C(=O)N(C)CCOc2ccc(F)cc2)CCNCC1. The van der Waals surface area contributed by atoms with Crippen LogP contribution in [0, 0.1) is 11.2 Å². The molecule has 0 atom stereocenters. The van der Waals surface area contributed by atoms with Crippen LogP contribution in [0.3, 0.4) is 0 Å². The molecule has 0 aliphatic carbocycles. The number of halogens is 1. The Morgan fingerprint density at radius 1 is 1.30 bits per heavy atom. The topological polar surface area (TPSA) is 50.8 Å². The Hall–Kier alpha value is -1.66. The molecule has 23 heavy (non-hydrogen) atoms. The van der Waals surface area contributed by atoms with Crippen LogP contribution in [0.4, 0.5) is 4.39 Å². The minimum atomic E-state index is -0.440. The molecule has 5 nitrogen and oxygen atoms in total. The zero-order valence-electron chi connectivity index (χ0n) is 13.8. The van der Waals surface area contributed by atoms with Crippen molar-refractivity contribution in [3.63, 3.8) is 0 Å². The van der Waals surface area contributed by atoms with E-state index in [1.54, 1.807) is 31.2 Å². The third kappa shape index (κ3) is 4.65. The first kappa shape index (κ1) is 17.7. The average molecular weight is 324 g/mol. The summed E-state index contributed by atoms with van der Waals surface area (Å²) in [5.41, 5.74) is -0.440. The lowest BCUT2D eigenvalue weighted by atomic mass is 9.78. The van der Waals surface area contributed by atoms with E-state index in [-0.39, 0.29) is 11.7 Å². The van der Waals surface area contributed by atoms with Crippen LogP contribution < -0.4 is 10.1 Å². The molecule has 1 aliphatic rings. The van der Waals surface area contributed by atoms with E-state index in [0.29, 0.717) is 25.5 Å². The summed E-state index contributed by atoms with van der Waals surface area (Å²) >= 11 is 0. The molecular weight excluding hydrogens is 299 g/mol. The molecule has 1 aliphatic heterocycles. The van der Waals surface area contributed by atoms with Crippen LogP contribution in [0.1, 0.15) is 12.8 Å². The number of hydrogen-bond acceptors (Lipinski definition) is 4. The van der Waals surface area contributed by atoms with Crippen LogP contribution in [0.2, 0.25) is 0 Å². The van der Waals surface area contributed by atoms with Gasteiger partial charge in [-0.15, -0.1) is 0 Å². The van der Waals surface area contributed by atoms with Gasteiger partial charge in [-0.05, 0) is 50.2 Å². The first-order valence-corrected chi connectivity index (χ1v) is 7.91. The first-order valence-electron chi connectivity index (χ1n) is 7.91. The molecule has 0 aromatic heterocycles. The highest BCUT2D eigenvalue weighted by Crippen LogP contribution is 2.31. The molecule has 6 heteroatoms. The lowest BCUT2D eigenvalue weighted by molar-refractivity contribution is -0.146. The highest BCUT2D eigenvalue weighted by molar-refractivity contribution is 5.82. The van der Waals surface area contributed by atoms with E-state index in [0.717, 1.165) is 25.9 Å². The fourth-order valence-corrected chi connectivity index (χ4v) is 2.94. The van der Waals surface area contributed by atoms with Crippen molar-refractivity contribution in [2.75, 3.05) is 47.0 Å². The lowest BCUT2D eigenvalue weighted by Crippen LogP contribution is -2.51. The molecule has 0 unspecified atom stereocenters. The van der Waals surface area contributed by atoms with E-state index in [1.165, 1.54) is 12.1 Å². The van der Waals surface area contributed by atoms with Crippen molar-refractivity contribution >= 4 is 5.91 Å². The zero-order valence-corrected chi connectivity index (χ0v) is 13.8. The maximum Gasteiger partial charge on any atom is 0.231 e. The van der Waals surface area contributed by atoms with E-state index < -0.39 is 5.41 Å². The van der Waals surface area contributed by atoms with E-state index in [2.05, 4.69) is 5.32 Å². The Morgan fingerprint density at radius 3 is 2.57 bits per heavy atom. The third-order valence-electron chi connectivity index (χ3n) is 4.29. The summed E-state index contributed by atoms with van der Waals surface area (Å²) in [5, 5.41) is 3.28. The number of piperidine rings is 1. The van der Waals surface area contributed by atoms with Crippen LogP contribution in [-0.4, -0.2) is 57.8 Å². The van der Waals surface area contributed by atoms with Gasteiger partial charge in [-0.2, -0.15) is 0 Å². The molecule has 1 fully saturated rings. The second-order valence-corrected chi connectivity index (χ2v) is 5.99. The summed E-state index contributed by atoms with van der Waals surface area (Å²) in [6.07, 6.45) is 1.56. The monoisotopic (exact) mass is 324 g/mol. The van der Waals surface area contributed by atoms with Crippen molar-refractivity contribution in [1.29, 1.82) is 0 Å². The molecule has 0 radical (unpaired) electrons. The number of amides is 1. The Kier molecular flexibility index (Phi) is 6.36. The molecule has 128 valence electrons. The van der Waals surface area contributed by atoms with Gasteiger partial charge in [-0.1, -0.05) is 0 Å². The molecule has 0 saturated carbocycles. The fraction of sp³-hybridized carbons (Fsp3) is 0.588. The Bertz CT molecular complexity index is 496. The summed E-state index contributed by atoms with van der Waals surface area (Å²) in [7, 11) is 3.42. The average Bonchev–Trinajstić information content (AvgIpc) is 2.57. The van der Waals surface area contributed by atoms with Crippen molar-refractivity contribution in [2.24, 2.45) is 5.41 Å². The molecule has 2 rings (SSSR count). The first-order chi connectivity index (χ1) is 11.1. The summed E-state index contributed by atoms with van der Waals surface area (Å²) < 4.78 is 23.7. The number of methoxy groups -OCH3 is 1. The largest absolute Gasteiger partial charge is 0.492 e. The number of ether oxygens (including phenoxy) is 2. The lowest BCUT2D eigenvalue weighted by Gasteiger charge is -2.38. The van der Waals surface area contributed by atoms with Gasteiger partial charge in [0.2, 0.25) is 5.91 Å².